The van der Waals surface area contributed by atoms with Crippen LogP contribution >= 0.6 is 0 Å². The second-order valence-electron chi connectivity index (χ2n) is 2.68. The van der Waals surface area contributed by atoms with Crippen molar-refractivity contribution < 1.29 is 0 Å². The lowest BCUT2D eigenvalue weighted by Crippen LogP contribution is -2.01. The van der Waals surface area contributed by atoms with Gasteiger partial charge in [0.2, 0.25) is 0 Å². The van der Waals surface area contributed by atoms with Crippen molar-refractivity contribution in [1.82, 2.24) is 15.5 Å². The van der Waals surface area contributed by atoms with Gasteiger partial charge in [0, 0.05) is 18.7 Å². The van der Waals surface area contributed by atoms with Gasteiger partial charge in [0.1, 0.15) is 0 Å². The zero-order valence-corrected chi connectivity index (χ0v) is 9.15. The van der Waals surface area contributed by atoms with Gasteiger partial charge in [-0.05, 0) is 0 Å². The fourth-order valence-corrected chi connectivity index (χ4v) is 0.965. The molecule has 0 aliphatic carbocycles. The van der Waals surface area contributed by atoms with E-state index in [1.807, 2.05) is 20.0 Å². The lowest BCUT2D eigenvalue weighted by molar-refractivity contribution is 0.742. The number of H-pyrrole nitrogens is 1. The van der Waals surface area contributed by atoms with Crippen molar-refractivity contribution in [2.75, 3.05) is 0 Å². The molecule has 2 N–H and O–H groups in total. The average Bonchev–Trinajstić information content (AvgIpc) is 2.69. The monoisotopic (exact) mass is 183 g/mol. The van der Waals surface area contributed by atoms with Gasteiger partial charge in [0.15, 0.2) is 0 Å². The molecule has 3 nitrogen and oxygen atoms in total. The van der Waals surface area contributed by atoms with Crippen LogP contribution in [0.1, 0.15) is 45.4 Å². The summed E-state index contributed by atoms with van der Waals surface area (Å²) in [5, 5.41) is 9.98. The molecule has 2 heterocycles. The van der Waals surface area contributed by atoms with Crippen molar-refractivity contribution in [1.29, 1.82) is 0 Å². The lowest BCUT2D eigenvalue weighted by atomic mass is 10.3. The summed E-state index contributed by atoms with van der Waals surface area (Å²) in [6.45, 7) is 10.2. The first-order valence-electron chi connectivity index (χ1n) is 5.10. The van der Waals surface area contributed by atoms with Gasteiger partial charge in [-0.25, -0.2) is 0 Å². The van der Waals surface area contributed by atoms with Gasteiger partial charge in [-0.15, -0.1) is 0 Å². The fourth-order valence-electron chi connectivity index (χ4n) is 0.965. The van der Waals surface area contributed by atoms with E-state index < -0.39 is 0 Å². The summed E-state index contributed by atoms with van der Waals surface area (Å²) in [4.78, 5) is 0. The number of hydrogen-bond acceptors (Lipinski definition) is 2. The smallest absolute Gasteiger partial charge is 0.0535 e. The van der Waals surface area contributed by atoms with E-state index in [0.29, 0.717) is 0 Å². The van der Waals surface area contributed by atoms with Crippen LogP contribution in [0.5, 0.6) is 0 Å². The third kappa shape index (κ3) is 4.08. The molecule has 0 bridgehead atoms. The maximum atomic E-state index is 3.88. The minimum Gasteiger partial charge on any atom is -0.307 e. The van der Waals surface area contributed by atoms with Gasteiger partial charge in [-0.3, -0.25) is 5.10 Å². The lowest BCUT2D eigenvalue weighted by Gasteiger charge is -1.82. The first-order chi connectivity index (χ1) is 6.38. The molecule has 0 saturated carbocycles. The van der Waals surface area contributed by atoms with Crippen molar-refractivity contribution in [3.63, 3.8) is 0 Å². The molecule has 0 aromatic carbocycles. The minimum absolute atomic E-state index is 0.954. The summed E-state index contributed by atoms with van der Waals surface area (Å²) in [5.74, 6) is 0. The third-order valence-electron chi connectivity index (χ3n) is 1.42. The summed E-state index contributed by atoms with van der Waals surface area (Å²) in [5.41, 5.74) is 2.55. The maximum absolute atomic E-state index is 3.88. The van der Waals surface area contributed by atoms with Gasteiger partial charge in [0.25, 0.3) is 0 Å². The van der Waals surface area contributed by atoms with E-state index in [2.05, 4.69) is 29.4 Å². The van der Waals surface area contributed by atoms with Crippen LogP contribution in [0.15, 0.2) is 6.20 Å². The van der Waals surface area contributed by atoms with Crippen molar-refractivity contribution in [2.45, 2.75) is 47.2 Å². The Bertz CT molecular complexity index is 187. The van der Waals surface area contributed by atoms with Crippen molar-refractivity contribution in [2.24, 2.45) is 0 Å². The Morgan fingerprint density at radius 1 is 1.31 bits per heavy atom. The zero-order chi connectivity index (χ0) is 10.1. The Labute approximate surface area is 80.9 Å². The third-order valence-corrected chi connectivity index (χ3v) is 1.42. The molecule has 0 spiro atoms. The quantitative estimate of drug-likeness (QED) is 0.648. The van der Waals surface area contributed by atoms with E-state index in [1.54, 1.807) is 0 Å². The Morgan fingerprint density at radius 2 is 1.92 bits per heavy atom. The Kier molecular flexibility index (Phi) is 7.30. The van der Waals surface area contributed by atoms with Gasteiger partial charge >= 0.3 is 0 Å². The second-order valence-corrected chi connectivity index (χ2v) is 2.68. The predicted molar refractivity (Wildman–Crippen MR) is 56.4 cm³/mol. The zero-order valence-electron chi connectivity index (χ0n) is 9.15. The van der Waals surface area contributed by atoms with Gasteiger partial charge in [0.05, 0.1) is 11.9 Å². The van der Waals surface area contributed by atoms with E-state index in [4.69, 9.17) is 0 Å². The maximum Gasteiger partial charge on any atom is 0.0535 e. The van der Waals surface area contributed by atoms with Crippen molar-refractivity contribution >= 4 is 0 Å². The van der Waals surface area contributed by atoms with Crippen LogP contribution in [0.3, 0.4) is 0 Å². The number of fused-ring (bicyclic) bond motifs is 1. The van der Waals surface area contributed by atoms with Crippen molar-refractivity contribution in [3.8, 4) is 0 Å². The van der Waals surface area contributed by atoms with E-state index in [-0.39, 0.29) is 0 Å². The standard InChI is InChI=1S/C5H7N3.C3H8.C2H6/c1-4-2-7-8-5(4)3-6-1;1-3-2;1-2/h2,6H,1,3H2,(H,7,8);3H2,1-2H3;1-2H3. The molecule has 3 heteroatoms. The number of nitrogens with zero attached hydrogens (tertiary/aromatic N) is 1. The topological polar surface area (TPSA) is 40.7 Å². The molecule has 1 aromatic heterocycles. The molecule has 0 amide bonds. The van der Waals surface area contributed by atoms with Crippen LogP contribution in [0.4, 0.5) is 0 Å². The summed E-state index contributed by atoms with van der Waals surface area (Å²) >= 11 is 0. The molecule has 0 unspecified atom stereocenters. The van der Waals surface area contributed by atoms with Crippen LogP contribution in [0.2, 0.25) is 0 Å². The van der Waals surface area contributed by atoms with E-state index in [9.17, 15) is 0 Å². The number of aromatic nitrogens is 2. The molecule has 0 saturated heterocycles. The van der Waals surface area contributed by atoms with Gasteiger partial charge in [-0.1, -0.05) is 34.1 Å². The minimum atomic E-state index is 0.954. The first-order valence-corrected chi connectivity index (χ1v) is 5.10. The largest absolute Gasteiger partial charge is 0.307 e. The highest BCUT2D eigenvalue weighted by Crippen LogP contribution is 2.08. The summed E-state index contributed by atoms with van der Waals surface area (Å²) in [6.07, 6.45) is 3.12. The number of hydrogen-bond donors (Lipinski definition) is 2. The van der Waals surface area contributed by atoms with E-state index >= 15 is 0 Å². The highest BCUT2D eigenvalue weighted by atomic mass is 15.1. The number of nitrogens with one attached hydrogen (secondary N) is 2. The average molecular weight is 183 g/mol. The second kappa shape index (κ2) is 7.80. The summed E-state index contributed by atoms with van der Waals surface area (Å²) in [7, 11) is 0. The van der Waals surface area contributed by atoms with Gasteiger partial charge in [-0.2, -0.15) is 5.10 Å². The molecule has 0 atom stereocenters. The Morgan fingerprint density at radius 3 is 2.46 bits per heavy atom. The number of rotatable bonds is 0. The predicted octanol–water partition coefficient (Wildman–Crippen LogP) is 2.46. The van der Waals surface area contributed by atoms with Crippen LogP contribution in [0, 0.1) is 0 Å². The molecular formula is C10H21N3. The van der Waals surface area contributed by atoms with E-state index in [0.717, 1.165) is 13.1 Å². The van der Waals surface area contributed by atoms with Gasteiger partial charge < -0.3 is 5.32 Å². The molecular weight excluding hydrogens is 162 g/mol. The first kappa shape index (κ1) is 12.2. The molecule has 13 heavy (non-hydrogen) atoms. The summed E-state index contributed by atoms with van der Waals surface area (Å²) < 4.78 is 0. The highest BCUT2D eigenvalue weighted by molar-refractivity contribution is 5.19. The molecule has 0 radical (unpaired) electrons. The molecule has 1 aliphatic rings. The Hall–Kier alpha value is -0.830. The highest BCUT2D eigenvalue weighted by Gasteiger charge is 2.09. The molecule has 1 aliphatic heterocycles. The SMILES string of the molecule is CC.CCC.c1n[nH]c2c1CNC2. The molecule has 2 rings (SSSR count). The molecule has 76 valence electrons. The normalized spacial score (nSPS) is 12.0. The number of aromatic amines is 1. The summed E-state index contributed by atoms with van der Waals surface area (Å²) in [6, 6.07) is 0. The van der Waals surface area contributed by atoms with Crippen LogP contribution in [0.25, 0.3) is 0 Å². The molecule has 1 aromatic rings. The van der Waals surface area contributed by atoms with Crippen LogP contribution in [-0.2, 0) is 13.1 Å². The fraction of sp³-hybridized carbons (Fsp3) is 0.700. The molecule has 0 fully saturated rings. The van der Waals surface area contributed by atoms with Crippen LogP contribution in [-0.4, -0.2) is 10.2 Å². The van der Waals surface area contributed by atoms with Crippen LogP contribution < -0.4 is 5.32 Å². The Balaban J connectivity index is 0.000000251. The van der Waals surface area contributed by atoms with E-state index in [1.165, 1.54) is 17.7 Å². The van der Waals surface area contributed by atoms with Crippen molar-refractivity contribution in [3.05, 3.63) is 17.5 Å².